The predicted molar refractivity (Wildman–Crippen MR) is 97.5 cm³/mol. The molecule has 0 saturated heterocycles. The molecule has 0 aliphatic heterocycles. The van der Waals surface area contributed by atoms with Crippen molar-refractivity contribution in [2.45, 2.75) is 11.3 Å². The van der Waals surface area contributed by atoms with Gasteiger partial charge in [0.05, 0.1) is 11.3 Å². The monoisotopic (exact) mass is 375 g/mol. The minimum absolute atomic E-state index is 0.0812. The van der Waals surface area contributed by atoms with Crippen LogP contribution < -0.4 is 5.14 Å². The largest absolute Gasteiger partial charge is 0.360 e. The van der Waals surface area contributed by atoms with Gasteiger partial charge in [-0.25, -0.2) is 17.9 Å². The first-order valence-corrected chi connectivity index (χ1v) is 9.34. The zero-order valence-corrected chi connectivity index (χ0v) is 15.1. The van der Waals surface area contributed by atoms with Crippen LogP contribution in [0.15, 0.2) is 47.5 Å². The summed E-state index contributed by atoms with van der Waals surface area (Å²) in [6.45, 7) is 0. The standard InChI is InChI=1S/C18H18FN3O3S/c1-22(2)18(23)8-12-7-11(3-6-17(12)26(20,24)25)15-10-21-16-9-13(19)4-5-14(15)16/h3-7,9-10,21H,8H2,1-2H3,(H2,20,24,25). The van der Waals surface area contributed by atoms with Gasteiger partial charge in [0.25, 0.3) is 0 Å². The average Bonchev–Trinajstić information content (AvgIpc) is 2.96. The molecule has 0 fully saturated rings. The number of fused-ring (bicyclic) bond motifs is 1. The van der Waals surface area contributed by atoms with Gasteiger partial charge in [0.2, 0.25) is 15.9 Å². The van der Waals surface area contributed by atoms with Gasteiger partial charge in [0.1, 0.15) is 5.82 Å². The molecule has 3 aromatic rings. The molecule has 0 aliphatic carbocycles. The van der Waals surface area contributed by atoms with E-state index in [1.54, 1.807) is 38.5 Å². The molecule has 1 aromatic heterocycles. The van der Waals surface area contributed by atoms with Crippen LogP contribution in [0.4, 0.5) is 4.39 Å². The molecule has 136 valence electrons. The van der Waals surface area contributed by atoms with E-state index in [-0.39, 0.29) is 23.0 Å². The van der Waals surface area contributed by atoms with Gasteiger partial charge in [0, 0.05) is 36.8 Å². The van der Waals surface area contributed by atoms with Gasteiger partial charge >= 0.3 is 0 Å². The minimum atomic E-state index is -3.97. The number of aromatic nitrogens is 1. The summed E-state index contributed by atoms with van der Waals surface area (Å²) in [6, 6.07) is 9.03. The van der Waals surface area contributed by atoms with Crippen molar-refractivity contribution in [3.8, 4) is 11.1 Å². The molecule has 0 bridgehead atoms. The number of sulfonamides is 1. The molecule has 0 saturated carbocycles. The van der Waals surface area contributed by atoms with Gasteiger partial charge in [-0.15, -0.1) is 0 Å². The molecule has 1 amide bonds. The number of nitrogens with one attached hydrogen (secondary N) is 1. The smallest absolute Gasteiger partial charge is 0.238 e. The van der Waals surface area contributed by atoms with Crippen LogP contribution in [0.3, 0.4) is 0 Å². The molecule has 3 rings (SSSR count). The van der Waals surface area contributed by atoms with Gasteiger partial charge in [-0.05, 0) is 41.5 Å². The maximum absolute atomic E-state index is 13.4. The van der Waals surface area contributed by atoms with Crippen LogP contribution in [-0.4, -0.2) is 38.3 Å². The van der Waals surface area contributed by atoms with Gasteiger partial charge in [-0.2, -0.15) is 0 Å². The second-order valence-corrected chi connectivity index (χ2v) is 7.75. The highest BCUT2D eigenvalue weighted by Gasteiger charge is 2.19. The summed E-state index contributed by atoms with van der Waals surface area (Å²) >= 11 is 0. The van der Waals surface area contributed by atoms with Gasteiger partial charge in [-0.1, -0.05) is 6.07 Å². The molecule has 6 nitrogen and oxygen atoms in total. The van der Waals surface area contributed by atoms with Crippen LogP contribution in [0.1, 0.15) is 5.56 Å². The van der Waals surface area contributed by atoms with E-state index in [1.807, 2.05) is 0 Å². The Balaban J connectivity index is 2.15. The molecule has 2 aromatic carbocycles. The Labute approximate surface area is 150 Å². The third-order valence-electron chi connectivity index (χ3n) is 4.16. The summed E-state index contributed by atoms with van der Waals surface area (Å²) in [6.07, 6.45) is 1.62. The molecule has 0 spiro atoms. The zero-order valence-electron chi connectivity index (χ0n) is 14.3. The van der Waals surface area contributed by atoms with Crippen LogP contribution in [0.25, 0.3) is 22.0 Å². The van der Waals surface area contributed by atoms with Crippen LogP contribution in [0.2, 0.25) is 0 Å². The first-order chi connectivity index (χ1) is 12.2. The predicted octanol–water partition coefficient (Wildman–Crippen LogP) is 2.25. The molecule has 0 atom stereocenters. The second-order valence-electron chi connectivity index (χ2n) is 6.22. The zero-order chi connectivity index (χ0) is 19.1. The van der Waals surface area contributed by atoms with Gasteiger partial charge in [-0.3, -0.25) is 4.79 Å². The van der Waals surface area contributed by atoms with E-state index in [4.69, 9.17) is 5.14 Å². The summed E-state index contributed by atoms with van der Waals surface area (Å²) in [4.78, 5) is 16.4. The number of likely N-dealkylation sites (N-methyl/N-ethyl adjacent to an activating group) is 1. The van der Waals surface area contributed by atoms with E-state index >= 15 is 0 Å². The first-order valence-electron chi connectivity index (χ1n) is 7.79. The van der Waals surface area contributed by atoms with Crippen molar-refractivity contribution >= 4 is 26.8 Å². The molecular formula is C18H18FN3O3S. The van der Waals surface area contributed by atoms with Crippen molar-refractivity contribution in [3.63, 3.8) is 0 Å². The normalized spacial score (nSPS) is 11.7. The van der Waals surface area contributed by atoms with Crippen LogP contribution >= 0.6 is 0 Å². The Morgan fingerprint density at radius 3 is 2.58 bits per heavy atom. The Morgan fingerprint density at radius 2 is 1.92 bits per heavy atom. The highest BCUT2D eigenvalue weighted by molar-refractivity contribution is 7.89. The van der Waals surface area contributed by atoms with Crippen molar-refractivity contribution in [3.05, 3.63) is 54.0 Å². The van der Waals surface area contributed by atoms with E-state index in [1.165, 1.54) is 23.1 Å². The topological polar surface area (TPSA) is 96.3 Å². The van der Waals surface area contributed by atoms with E-state index < -0.39 is 10.0 Å². The van der Waals surface area contributed by atoms with E-state index in [9.17, 15) is 17.6 Å². The van der Waals surface area contributed by atoms with E-state index in [2.05, 4.69) is 4.98 Å². The lowest BCUT2D eigenvalue weighted by molar-refractivity contribution is -0.127. The SMILES string of the molecule is CN(C)C(=O)Cc1cc(-c2c[nH]c3cc(F)ccc23)ccc1S(N)(=O)=O. The molecule has 3 N–H and O–H groups in total. The number of primary sulfonamides is 1. The molecule has 26 heavy (non-hydrogen) atoms. The van der Waals surface area contributed by atoms with Gasteiger partial charge < -0.3 is 9.88 Å². The number of halogens is 1. The molecule has 0 aliphatic rings. The van der Waals surface area contributed by atoms with Crippen LogP contribution in [-0.2, 0) is 21.2 Å². The fourth-order valence-corrected chi connectivity index (χ4v) is 3.58. The lowest BCUT2D eigenvalue weighted by Gasteiger charge is -2.13. The third kappa shape index (κ3) is 3.47. The van der Waals surface area contributed by atoms with Crippen molar-refractivity contribution in [2.24, 2.45) is 5.14 Å². The average molecular weight is 375 g/mol. The molecule has 0 radical (unpaired) electrons. The van der Waals surface area contributed by atoms with Crippen molar-refractivity contribution in [2.75, 3.05) is 14.1 Å². The Hall–Kier alpha value is -2.71. The Kier molecular flexibility index (Phi) is 4.55. The number of benzene rings is 2. The van der Waals surface area contributed by atoms with Crippen molar-refractivity contribution < 1.29 is 17.6 Å². The number of H-pyrrole nitrogens is 1. The van der Waals surface area contributed by atoms with Crippen LogP contribution in [0, 0.1) is 5.82 Å². The number of carbonyl (C=O) groups excluding carboxylic acids is 1. The summed E-state index contributed by atoms with van der Waals surface area (Å²) in [5.74, 6) is -0.596. The number of carbonyl (C=O) groups is 1. The molecular weight excluding hydrogens is 357 g/mol. The Morgan fingerprint density at radius 1 is 1.19 bits per heavy atom. The third-order valence-corrected chi connectivity index (χ3v) is 5.17. The summed E-state index contributed by atoms with van der Waals surface area (Å²) < 4.78 is 37.1. The lowest BCUT2D eigenvalue weighted by atomic mass is 10.0. The summed E-state index contributed by atoms with van der Waals surface area (Å²) in [7, 11) is -0.778. The maximum Gasteiger partial charge on any atom is 0.238 e. The lowest BCUT2D eigenvalue weighted by Crippen LogP contribution is -2.25. The number of aromatic amines is 1. The summed E-state index contributed by atoms with van der Waals surface area (Å²) in [5, 5.41) is 6.08. The molecule has 0 unspecified atom stereocenters. The van der Waals surface area contributed by atoms with Crippen molar-refractivity contribution in [1.29, 1.82) is 0 Å². The fraction of sp³-hybridized carbons (Fsp3) is 0.167. The summed E-state index contributed by atoms with van der Waals surface area (Å²) in [5.41, 5.74) is 2.43. The molecule has 8 heteroatoms. The second kappa shape index (κ2) is 6.54. The number of nitrogens with two attached hydrogens (primary N) is 1. The molecule has 1 heterocycles. The van der Waals surface area contributed by atoms with Crippen molar-refractivity contribution in [1.82, 2.24) is 9.88 Å². The fourth-order valence-electron chi connectivity index (χ4n) is 2.82. The highest BCUT2D eigenvalue weighted by atomic mass is 32.2. The highest BCUT2D eigenvalue weighted by Crippen LogP contribution is 2.31. The number of rotatable bonds is 4. The van der Waals surface area contributed by atoms with E-state index in [0.29, 0.717) is 16.6 Å². The number of nitrogens with zero attached hydrogens (tertiary/aromatic N) is 1. The quantitative estimate of drug-likeness (QED) is 0.732. The van der Waals surface area contributed by atoms with Crippen LogP contribution in [0.5, 0.6) is 0 Å². The Bertz CT molecular complexity index is 1100. The van der Waals surface area contributed by atoms with E-state index in [0.717, 1.165) is 10.9 Å². The number of hydrogen-bond acceptors (Lipinski definition) is 3. The number of hydrogen-bond donors (Lipinski definition) is 2. The minimum Gasteiger partial charge on any atom is -0.360 e. The first kappa shape index (κ1) is 18.1. The van der Waals surface area contributed by atoms with Gasteiger partial charge in [0.15, 0.2) is 0 Å². The maximum atomic E-state index is 13.4. The number of amides is 1.